The van der Waals surface area contributed by atoms with Crippen molar-refractivity contribution >= 4 is 23.3 Å². The van der Waals surface area contributed by atoms with Crippen LogP contribution in [0, 0.1) is 6.92 Å². The highest BCUT2D eigenvalue weighted by Crippen LogP contribution is 2.29. The van der Waals surface area contributed by atoms with Crippen molar-refractivity contribution in [2.45, 2.75) is 20.0 Å². The second-order valence-electron chi connectivity index (χ2n) is 5.83. The SMILES string of the molecule is COc1ccc(-c2nonc2NC(=O)C(C)Oc2ccccc2Cl)cc1C. The third kappa shape index (κ3) is 4.20. The molecule has 8 heteroatoms. The molecule has 3 aromatic rings. The van der Waals surface area contributed by atoms with Crippen molar-refractivity contribution in [1.29, 1.82) is 0 Å². The topological polar surface area (TPSA) is 86.5 Å². The van der Waals surface area contributed by atoms with Gasteiger partial charge in [-0.15, -0.1) is 0 Å². The molecule has 1 N–H and O–H groups in total. The number of hydrogen-bond acceptors (Lipinski definition) is 6. The van der Waals surface area contributed by atoms with Crippen LogP contribution in [0.2, 0.25) is 5.02 Å². The van der Waals surface area contributed by atoms with Crippen molar-refractivity contribution in [2.75, 3.05) is 12.4 Å². The number of aromatic nitrogens is 2. The molecule has 0 spiro atoms. The van der Waals surface area contributed by atoms with Gasteiger partial charge in [-0.25, -0.2) is 4.63 Å². The van der Waals surface area contributed by atoms with Crippen LogP contribution in [0.15, 0.2) is 47.1 Å². The van der Waals surface area contributed by atoms with Crippen LogP contribution in [0.25, 0.3) is 11.3 Å². The third-order valence-electron chi connectivity index (χ3n) is 3.91. The number of aryl methyl sites for hydroxylation is 1. The molecule has 1 amide bonds. The van der Waals surface area contributed by atoms with E-state index in [2.05, 4.69) is 15.6 Å². The minimum atomic E-state index is -0.799. The van der Waals surface area contributed by atoms with Crippen molar-refractivity contribution in [3.05, 3.63) is 53.1 Å². The Morgan fingerprint density at radius 2 is 1.96 bits per heavy atom. The minimum absolute atomic E-state index is 0.208. The molecule has 27 heavy (non-hydrogen) atoms. The highest BCUT2D eigenvalue weighted by Gasteiger charge is 2.21. The quantitative estimate of drug-likeness (QED) is 0.684. The van der Waals surface area contributed by atoms with E-state index in [4.69, 9.17) is 25.7 Å². The van der Waals surface area contributed by atoms with Crippen LogP contribution in [0.3, 0.4) is 0 Å². The molecular formula is C19H18ClN3O4. The Labute approximate surface area is 161 Å². The van der Waals surface area contributed by atoms with Gasteiger partial charge in [-0.2, -0.15) is 0 Å². The highest BCUT2D eigenvalue weighted by atomic mass is 35.5. The van der Waals surface area contributed by atoms with Crippen molar-refractivity contribution in [3.63, 3.8) is 0 Å². The van der Waals surface area contributed by atoms with Gasteiger partial charge in [-0.1, -0.05) is 23.7 Å². The lowest BCUT2D eigenvalue weighted by atomic mass is 10.1. The minimum Gasteiger partial charge on any atom is -0.496 e. The van der Waals surface area contributed by atoms with Gasteiger partial charge < -0.3 is 14.8 Å². The average Bonchev–Trinajstić information content (AvgIpc) is 3.11. The molecule has 0 saturated carbocycles. The number of hydrogen-bond donors (Lipinski definition) is 1. The molecule has 0 bridgehead atoms. The third-order valence-corrected chi connectivity index (χ3v) is 4.22. The molecule has 7 nitrogen and oxygen atoms in total. The van der Waals surface area contributed by atoms with Crippen LogP contribution < -0.4 is 14.8 Å². The first-order valence-electron chi connectivity index (χ1n) is 8.19. The Kier molecular flexibility index (Phi) is 5.61. The van der Waals surface area contributed by atoms with Crippen LogP contribution in [-0.2, 0) is 4.79 Å². The second kappa shape index (κ2) is 8.09. The van der Waals surface area contributed by atoms with Crippen LogP contribution in [0.4, 0.5) is 5.82 Å². The Hall–Kier alpha value is -3.06. The molecule has 1 unspecified atom stereocenters. The number of methoxy groups -OCH3 is 1. The molecule has 3 rings (SSSR count). The molecule has 1 atom stereocenters. The summed E-state index contributed by atoms with van der Waals surface area (Å²) in [6.07, 6.45) is -0.799. The fourth-order valence-corrected chi connectivity index (χ4v) is 2.67. The number of carbonyl (C=O) groups is 1. The van der Waals surface area contributed by atoms with E-state index in [1.807, 2.05) is 25.1 Å². The molecule has 2 aromatic carbocycles. The van der Waals surface area contributed by atoms with E-state index in [0.717, 1.165) is 16.9 Å². The summed E-state index contributed by atoms with van der Waals surface area (Å²) in [6, 6.07) is 12.4. The highest BCUT2D eigenvalue weighted by molar-refractivity contribution is 6.32. The number of nitrogens with zero attached hydrogens (tertiary/aromatic N) is 2. The van der Waals surface area contributed by atoms with Crippen LogP contribution in [0.5, 0.6) is 11.5 Å². The summed E-state index contributed by atoms with van der Waals surface area (Å²) in [5.74, 6) is 0.977. The van der Waals surface area contributed by atoms with Gasteiger partial charge in [0.2, 0.25) is 5.82 Å². The van der Waals surface area contributed by atoms with Gasteiger partial charge in [-0.3, -0.25) is 4.79 Å². The van der Waals surface area contributed by atoms with Gasteiger partial charge in [0.1, 0.15) is 11.5 Å². The van der Waals surface area contributed by atoms with Gasteiger partial charge in [0.15, 0.2) is 11.8 Å². The monoisotopic (exact) mass is 387 g/mol. The van der Waals surface area contributed by atoms with Gasteiger partial charge in [0.25, 0.3) is 5.91 Å². The molecule has 1 heterocycles. The van der Waals surface area contributed by atoms with Gasteiger partial charge >= 0.3 is 0 Å². The number of ether oxygens (including phenoxy) is 2. The fourth-order valence-electron chi connectivity index (χ4n) is 2.49. The van der Waals surface area contributed by atoms with Crippen molar-refractivity contribution in [2.24, 2.45) is 0 Å². The largest absolute Gasteiger partial charge is 0.496 e. The van der Waals surface area contributed by atoms with Gasteiger partial charge in [-0.05, 0) is 60.1 Å². The lowest BCUT2D eigenvalue weighted by Crippen LogP contribution is -2.30. The lowest BCUT2D eigenvalue weighted by molar-refractivity contribution is -0.122. The molecule has 1 aromatic heterocycles. The lowest BCUT2D eigenvalue weighted by Gasteiger charge is -2.14. The second-order valence-corrected chi connectivity index (χ2v) is 6.23. The molecule has 0 saturated heterocycles. The van der Waals surface area contributed by atoms with Crippen molar-refractivity contribution in [1.82, 2.24) is 10.3 Å². The number of para-hydroxylation sites is 1. The first-order valence-corrected chi connectivity index (χ1v) is 8.57. The predicted molar refractivity (Wildman–Crippen MR) is 101 cm³/mol. The molecule has 0 aliphatic rings. The zero-order valence-corrected chi connectivity index (χ0v) is 15.8. The van der Waals surface area contributed by atoms with E-state index in [1.54, 1.807) is 38.3 Å². The smallest absolute Gasteiger partial charge is 0.266 e. The van der Waals surface area contributed by atoms with Crippen LogP contribution >= 0.6 is 11.6 Å². The van der Waals surface area contributed by atoms with Crippen LogP contribution in [0.1, 0.15) is 12.5 Å². The first kappa shape index (κ1) is 18.7. The summed E-state index contributed by atoms with van der Waals surface area (Å²) in [4.78, 5) is 12.5. The normalized spacial score (nSPS) is 11.7. The van der Waals surface area contributed by atoms with E-state index < -0.39 is 12.0 Å². The fraction of sp³-hybridized carbons (Fsp3) is 0.211. The number of nitrogens with one attached hydrogen (secondary N) is 1. The van der Waals surface area contributed by atoms with Crippen LogP contribution in [-0.4, -0.2) is 29.4 Å². The number of anilines is 1. The number of benzene rings is 2. The summed E-state index contributed by atoms with van der Waals surface area (Å²) < 4.78 is 15.7. The summed E-state index contributed by atoms with van der Waals surface area (Å²) in [5, 5.41) is 10.8. The number of amides is 1. The van der Waals surface area contributed by atoms with E-state index in [9.17, 15) is 4.79 Å². The van der Waals surface area contributed by atoms with E-state index in [-0.39, 0.29) is 5.82 Å². The zero-order chi connectivity index (χ0) is 19.4. The molecule has 0 radical (unpaired) electrons. The zero-order valence-electron chi connectivity index (χ0n) is 15.0. The van der Waals surface area contributed by atoms with Gasteiger partial charge in [0.05, 0.1) is 12.1 Å². The summed E-state index contributed by atoms with van der Waals surface area (Å²) in [5.41, 5.74) is 2.08. The summed E-state index contributed by atoms with van der Waals surface area (Å²) in [6.45, 7) is 3.52. The van der Waals surface area contributed by atoms with E-state index in [1.165, 1.54) is 0 Å². The number of halogens is 1. The molecular weight excluding hydrogens is 370 g/mol. The Bertz CT molecular complexity index is 958. The number of rotatable bonds is 6. The van der Waals surface area contributed by atoms with E-state index in [0.29, 0.717) is 16.5 Å². The predicted octanol–water partition coefficient (Wildman–Crippen LogP) is 4.11. The van der Waals surface area contributed by atoms with Crippen molar-refractivity contribution in [3.8, 4) is 22.8 Å². The Morgan fingerprint density at radius 3 is 2.67 bits per heavy atom. The first-order chi connectivity index (χ1) is 13.0. The molecule has 0 aliphatic heterocycles. The maximum Gasteiger partial charge on any atom is 0.266 e. The standard InChI is InChI=1S/C19H18ClN3O4/c1-11-10-13(8-9-15(11)25-3)17-18(23-27-22-17)21-19(24)12(2)26-16-7-5-4-6-14(16)20/h4-10,12H,1-3H3,(H,21,23,24). The average molecular weight is 388 g/mol. The molecule has 140 valence electrons. The maximum atomic E-state index is 12.5. The molecule has 0 fully saturated rings. The number of carbonyl (C=O) groups excluding carboxylic acids is 1. The molecule has 0 aliphatic carbocycles. The summed E-state index contributed by atoms with van der Waals surface area (Å²) in [7, 11) is 1.60. The summed E-state index contributed by atoms with van der Waals surface area (Å²) >= 11 is 6.06. The Morgan fingerprint density at radius 1 is 1.19 bits per heavy atom. The van der Waals surface area contributed by atoms with Crippen molar-refractivity contribution < 1.29 is 18.9 Å². The maximum absolute atomic E-state index is 12.5. The van der Waals surface area contributed by atoms with Gasteiger partial charge in [0, 0.05) is 5.56 Å². The Balaban J connectivity index is 1.75. The van der Waals surface area contributed by atoms with E-state index >= 15 is 0 Å².